The molecule has 0 atom stereocenters. The first-order chi connectivity index (χ1) is 8.06. The smallest absolute Gasteiger partial charge is 0.150 e. The average Bonchev–Trinajstić information content (AvgIpc) is 2.23. The summed E-state index contributed by atoms with van der Waals surface area (Å²) in [4.78, 5) is 4.03. The van der Waals surface area contributed by atoms with Gasteiger partial charge in [-0.25, -0.2) is 13.8 Å². The lowest BCUT2D eigenvalue weighted by Crippen LogP contribution is -1.99. The minimum absolute atomic E-state index is 0.223. The first-order valence-electron chi connectivity index (χ1n) is 4.60. The predicted octanol–water partition coefficient (Wildman–Crippen LogP) is 4.63. The zero-order valence-electron chi connectivity index (χ0n) is 8.35. The number of nitrogens with one attached hydrogen (secondary N) is 1. The van der Waals surface area contributed by atoms with Crippen molar-refractivity contribution in [1.82, 2.24) is 4.98 Å². The summed E-state index contributed by atoms with van der Waals surface area (Å²) in [5.41, 5.74) is -0.223. The van der Waals surface area contributed by atoms with Gasteiger partial charge in [0.25, 0.3) is 0 Å². The molecule has 17 heavy (non-hydrogen) atoms. The van der Waals surface area contributed by atoms with E-state index < -0.39 is 11.6 Å². The van der Waals surface area contributed by atoms with Crippen molar-refractivity contribution < 1.29 is 8.78 Å². The Hall–Kier alpha value is -1.01. The van der Waals surface area contributed by atoms with Crippen molar-refractivity contribution in [3.63, 3.8) is 0 Å². The van der Waals surface area contributed by atoms with Crippen molar-refractivity contribution in [1.29, 1.82) is 0 Å². The number of aromatic nitrogens is 1. The Labute approximate surface area is 113 Å². The molecular weight excluding hydrogens is 358 g/mol. The van der Waals surface area contributed by atoms with E-state index >= 15 is 0 Å². The summed E-state index contributed by atoms with van der Waals surface area (Å²) in [6.07, 6.45) is 0. The summed E-state index contributed by atoms with van der Waals surface area (Å²) < 4.78 is 28.0. The molecule has 88 valence electrons. The van der Waals surface area contributed by atoms with E-state index in [0.29, 0.717) is 14.9 Å². The second kappa shape index (κ2) is 5.10. The molecular formula is C11H6Br2F2N2. The van der Waals surface area contributed by atoms with Crippen LogP contribution in [0.2, 0.25) is 0 Å². The maximum Gasteiger partial charge on any atom is 0.150 e. The summed E-state index contributed by atoms with van der Waals surface area (Å²) in [6, 6.07) is 7.42. The van der Waals surface area contributed by atoms with Crippen LogP contribution in [0, 0.1) is 11.6 Å². The van der Waals surface area contributed by atoms with Crippen molar-refractivity contribution in [2.24, 2.45) is 0 Å². The van der Waals surface area contributed by atoms with Crippen molar-refractivity contribution in [2.45, 2.75) is 0 Å². The van der Waals surface area contributed by atoms with Gasteiger partial charge in [0.15, 0.2) is 11.6 Å². The van der Waals surface area contributed by atoms with Gasteiger partial charge in [0, 0.05) is 4.47 Å². The molecule has 0 unspecified atom stereocenters. The van der Waals surface area contributed by atoms with Gasteiger partial charge in [-0.15, -0.1) is 0 Å². The highest BCUT2D eigenvalue weighted by molar-refractivity contribution is 9.10. The van der Waals surface area contributed by atoms with Crippen LogP contribution in [0.1, 0.15) is 0 Å². The van der Waals surface area contributed by atoms with Crippen LogP contribution in [-0.2, 0) is 0 Å². The summed E-state index contributed by atoms with van der Waals surface area (Å²) >= 11 is 6.19. The molecule has 2 rings (SSSR count). The minimum atomic E-state index is -0.682. The van der Waals surface area contributed by atoms with Gasteiger partial charge in [-0.05, 0) is 40.2 Å². The van der Waals surface area contributed by atoms with Gasteiger partial charge in [0.1, 0.15) is 16.1 Å². The fraction of sp³-hybridized carbons (Fsp3) is 0. The molecule has 0 bridgehead atoms. The number of rotatable bonds is 2. The van der Waals surface area contributed by atoms with Crippen molar-refractivity contribution in [3.05, 3.63) is 51.0 Å². The van der Waals surface area contributed by atoms with Crippen LogP contribution in [0.5, 0.6) is 0 Å². The Morgan fingerprint density at radius 3 is 2.29 bits per heavy atom. The number of nitrogens with zero attached hydrogens (tertiary/aromatic N) is 1. The van der Waals surface area contributed by atoms with Crippen LogP contribution >= 0.6 is 31.9 Å². The van der Waals surface area contributed by atoms with Crippen molar-refractivity contribution in [3.8, 4) is 0 Å². The van der Waals surface area contributed by atoms with Gasteiger partial charge in [-0.3, -0.25) is 0 Å². The molecule has 0 amide bonds. The Balaban J connectivity index is 2.36. The first-order valence-corrected chi connectivity index (χ1v) is 6.19. The van der Waals surface area contributed by atoms with E-state index in [1.165, 1.54) is 12.1 Å². The topological polar surface area (TPSA) is 24.9 Å². The van der Waals surface area contributed by atoms with Crippen molar-refractivity contribution >= 4 is 43.4 Å². The van der Waals surface area contributed by atoms with Crippen LogP contribution in [0.15, 0.2) is 39.4 Å². The highest BCUT2D eigenvalue weighted by Crippen LogP contribution is 2.26. The quantitative estimate of drug-likeness (QED) is 0.787. The van der Waals surface area contributed by atoms with Crippen LogP contribution in [0.4, 0.5) is 20.3 Å². The standard InChI is InChI=1S/C11H6Br2F2N2/c12-6-4-7(14)11(8(15)5-6)17-10-3-1-2-9(13)16-10/h1-5H,(H,16,17). The van der Waals surface area contributed by atoms with Crippen molar-refractivity contribution in [2.75, 3.05) is 5.32 Å². The minimum Gasteiger partial charge on any atom is -0.335 e. The predicted molar refractivity (Wildman–Crippen MR) is 69.3 cm³/mol. The lowest BCUT2D eigenvalue weighted by molar-refractivity contribution is 0.589. The molecule has 0 saturated carbocycles. The Bertz CT molecular complexity index is 538. The molecule has 0 radical (unpaired) electrons. The highest BCUT2D eigenvalue weighted by atomic mass is 79.9. The summed E-state index contributed by atoms with van der Waals surface area (Å²) in [5.74, 6) is -1.00. The number of pyridine rings is 1. The molecule has 0 aliphatic heterocycles. The molecule has 0 saturated heterocycles. The molecule has 0 aliphatic carbocycles. The number of hydrogen-bond donors (Lipinski definition) is 1. The third-order valence-electron chi connectivity index (χ3n) is 1.98. The van der Waals surface area contributed by atoms with Gasteiger partial charge in [0.2, 0.25) is 0 Å². The molecule has 0 aliphatic rings. The van der Waals surface area contributed by atoms with Crippen LogP contribution in [-0.4, -0.2) is 4.98 Å². The highest BCUT2D eigenvalue weighted by Gasteiger charge is 2.11. The lowest BCUT2D eigenvalue weighted by atomic mass is 10.3. The summed E-state index contributed by atoms with van der Waals surface area (Å²) in [6.45, 7) is 0. The Morgan fingerprint density at radius 1 is 1.06 bits per heavy atom. The SMILES string of the molecule is Fc1cc(Br)cc(F)c1Nc1cccc(Br)n1. The molecule has 0 fully saturated rings. The Kier molecular flexibility index (Phi) is 3.73. The largest absolute Gasteiger partial charge is 0.335 e. The van der Waals surface area contributed by atoms with Crippen LogP contribution < -0.4 is 5.32 Å². The second-order valence-electron chi connectivity index (χ2n) is 3.21. The normalized spacial score (nSPS) is 10.4. The van der Waals surface area contributed by atoms with E-state index in [2.05, 4.69) is 42.2 Å². The zero-order chi connectivity index (χ0) is 12.4. The lowest BCUT2D eigenvalue weighted by Gasteiger charge is -2.08. The summed E-state index contributed by atoms with van der Waals surface area (Å²) in [7, 11) is 0. The van der Waals surface area contributed by atoms with Crippen LogP contribution in [0.25, 0.3) is 0 Å². The third-order valence-corrected chi connectivity index (χ3v) is 2.87. The average molecular weight is 364 g/mol. The summed E-state index contributed by atoms with van der Waals surface area (Å²) in [5, 5.41) is 2.60. The van der Waals surface area contributed by atoms with E-state index in [4.69, 9.17) is 0 Å². The molecule has 2 nitrogen and oxygen atoms in total. The van der Waals surface area contributed by atoms with E-state index in [1.807, 2.05) is 0 Å². The number of benzene rings is 1. The molecule has 1 aromatic heterocycles. The van der Waals surface area contributed by atoms with E-state index in [-0.39, 0.29) is 5.69 Å². The second-order valence-corrected chi connectivity index (χ2v) is 4.94. The molecule has 6 heteroatoms. The van der Waals surface area contributed by atoms with Gasteiger partial charge >= 0.3 is 0 Å². The Morgan fingerprint density at radius 2 is 1.71 bits per heavy atom. The first kappa shape index (κ1) is 12.4. The van der Waals surface area contributed by atoms with E-state index in [1.54, 1.807) is 18.2 Å². The fourth-order valence-corrected chi connectivity index (χ4v) is 2.01. The maximum atomic E-state index is 13.5. The van der Waals surface area contributed by atoms with E-state index in [0.717, 1.165) is 0 Å². The molecule has 1 aromatic carbocycles. The zero-order valence-corrected chi connectivity index (χ0v) is 11.5. The molecule has 0 spiro atoms. The van der Waals surface area contributed by atoms with Crippen LogP contribution in [0.3, 0.4) is 0 Å². The van der Waals surface area contributed by atoms with E-state index in [9.17, 15) is 8.78 Å². The fourth-order valence-electron chi connectivity index (χ4n) is 1.27. The molecule has 1 N–H and O–H groups in total. The van der Waals surface area contributed by atoms with Gasteiger partial charge in [-0.2, -0.15) is 0 Å². The number of halogens is 4. The molecule has 1 heterocycles. The van der Waals surface area contributed by atoms with Gasteiger partial charge in [0.05, 0.1) is 0 Å². The third kappa shape index (κ3) is 3.01. The van der Waals surface area contributed by atoms with Gasteiger partial charge < -0.3 is 5.32 Å². The molecule has 2 aromatic rings. The number of hydrogen-bond acceptors (Lipinski definition) is 2. The van der Waals surface area contributed by atoms with Gasteiger partial charge in [-0.1, -0.05) is 22.0 Å². The monoisotopic (exact) mass is 362 g/mol. The number of anilines is 2. The maximum absolute atomic E-state index is 13.5.